The largest absolute Gasteiger partial charge is 0.340 e. The predicted molar refractivity (Wildman–Crippen MR) is 126 cm³/mol. The number of hydrogen-bond acceptors (Lipinski definition) is 6. The van der Waals surface area contributed by atoms with Crippen molar-refractivity contribution >= 4 is 11.5 Å². The Morgan fingerprint density at radius 1 is 1.00 bits per heavy atom. The van der Waals surface area contributed by atoms with Gasteiger partial charge in [0.2, 0.25) is 0 Å². The Labute approximate surface area is 192 Å². The minimum Gasteiger partial charge on any atom is -0.340 e. The van der Waals surface area contributed by atoms with Gasteiger partial charge < -0.3 is 5.32 Å². The highest BCUT2D eigenvalue weighted by Gasteiger charge is 2.25. The summed E-state index contributed by atoms with van der Waals surface area (Å²) in [5.41, 5.74) is 3.44. The van der Waals surface area contributed by atoms with Crippen molar-refractivity contribution in [1.82, 2.24) is 24.8 Å². The van der Waals surface area contributed by atoms with E-state index in [1.165, 1.54) is 12.1 Å². The van der Waals surface area contributed by atoms with E-state index in [1.54, 1.807) is 18.5 Å². The van der Waals surface area contributed by atoms with Crippen LogP contribution in [-0.2, 0) is 6.54 Å². The van der Waals surface area contributed by atoms with E-state index in [2.05, 4.69) is 26.3 Å². The van der Waals surface area contributed by atoms with E-state index >= 15 is 0 Å². The molecule has 1 fully saturated rings. The molecule has 166 valence electrons. The molecule has 4 heterocycles. The topological polar surface area (TPSA) is 66.8 Å². The van der Waals surface area contributed by atoms with E-state index in [0.717, 1.165) is 55.3 Å². The molecule has 1 saturated heterocycles. The third-order valence-corrected chi connectivity index (χ3v) is 5.78. The molecule has 0 spiro atoms. The number of pyridine rings is 2. The molecular formula is C26H25FN6. The van der Waals surface area contributed by atoms with Crippen molar-refractivity contribution in [3.8, 4) is 11.3 Å². The third kappa shape index (κ3) is 5.38. The molecule has 1 aliphatic heterocycles. The number of nitrogens with zero attached hydrogens (tertiary/aromatic N) is 5. The van der Waals surface area contributed by atoms with Gasteiger partial charge in [0.1, 0.15) is 17.5 Å². The summed E-state index contributed by atoms with van der Waals surface area (Å²) in [6.45, 7) is 2.71. The van der Waals surface area contributed by atoms with Gasteiger partial charge in [-0.15, -0.1) is 0 Å². The molecule has 0 aliphatic carbocycles. The van der Waals surface area contributed by atoms with Crippen molar-refractivity contribution in [3.63, 3.8) is 0 Å². The number of piperidine rings is 1. The van der Waals surface area contributed by atoms with Gasteiger partial charge in [-0.25, -0.2) is 14.4 Å². The van der Waals surface area contributed by atoms with Gasteiger partial charge in [0, 0.05) is 54.9 Å². The van der Waals surface area contributed by atoms with Crippen molar-refractivity contribution in [1.29, 1.82) is 0 Å². The van der Waals surface area contributed by atoms with E-state index < -0.39 is 0 Å². The highest BCUT2D eigenvalue weighted by atomic mass is 19.1. The van der Waals surface area contributed by atoms with Gasteiger partial charge >= 0.3 is 0 Å². The van der Waals surface area contributed by atoms with Crippen LogP contribution in [0.3, 0.4) is 0 Å². The van der Waals surface area contributed by atoms with Gasteiger partial charge in [0.05, 0.1) is 11.4 Å². The summed E-state index contributed by atoms with van der Waals surface area (Å²) in [6, 6.07) is 18.2. The monoisotopic (exact) mass is 440 g/mol. The maximum absolute atomic E-state index is 13.7. The zero-order chi connectivity index (χ0) is 22.5. The van der Waals surface area contributed by atoms with Gasteiger partial charge in [0.15, 0.2) is 0 Å². The smallest absolute Gasteiger partial charge is 0.135 e. The molecule has 1 N–H and O–H groups in total. The van der Waals surface area contributed by atoms with Gasteiger partial charge in [-0.05, 0) is 61.9 Å². The average molecular weight is 441 g/mol. The zero-order valence-corrected chi connectivity index (χ0v) is 18.2. The number of aromatic nitrogens is 4. The Morgan fingerprint density at radius 2 is 1.97 bits per heavy atom. The average Bonchev–Trinajstić information content (AvgIpc) is 2.85. The molecule has 5 rings (SSSR count). The maximum Gasteiger partial charge on any atom is 0.135 e. The van der Waals surface area contributed by atoms with Crippen LogP contribution in [0.2, 0.25) is 0 Å². The molecule has 7 heteroatoms. The zero-order valence-electron chi connectivity index (χ0n) is 18.2. The first-order chi connectivity index (χ1) is 16.2. The number of nitrogens with one attached hydrogen (secondary N) is 1. The van der Waals surface area contributed by atoms with Crippen LogP contribution in [0.5, 0.6) is 0 Å². The second kappa shape index (κ2) is 9.83. The lowest BCUT2D eigenvalue weighted by Gasteiger charge is -2.32. The van der Waals surface area contributed by atoms with Crippen molar-refractivity contribution in [3.05, 3.63) is 96.6 Å². The Morgan fingerprint density at radius 3 is 2.79 bits per heavy atom. The SMILES string of the molecule is Fc1cccc(Nc2cc(-c3cccnc3)nc([C@H]3CCCN(Cc4ccccn4)C3)n2)c1. The molecule has 0 unspecified atom stereocenters. The first kappa shape index (κ1) is 21.2. The highest BCUT2D eigenvalue weighted by molar-refractivity contribution is 5.65. The maximum atomic E-state index is 13.7. The number of rotatable bonds is 6. The third-order valence-electron chi connectivity index (χ3n) is 5.78. The molecule has 0 bridgehead atoms. The summed E-state index contributed by atoms with van der Waals surface area (Å²) in [5.74, 6) is 1.35. The van der Waals surface area contributed by atoms with Gasteiger partial charge in [-0.3, -0.25) is 14.9 Å². The van der Waals surface area contributed by atoms with Gasteiger partial charge in [0.25, 0.3) is 0 Å². The second-order valence-electron chi connectivity index (χ2n) is 8.27. The van der Waals surface area contributed by atoms with E-state index in [4.69, 9.17) is 9.97 Å². The summed E-state index contributed by atoms with van der Waals surface area (Å²) in [5, 5.41) is 3.25. The number of benzene rings is 1. The fourth-order valence-electron chi connectivity index (χ4n) is 4.22. The fourth-order valence-corrected chi connectivity index (χ4v) is 4.22. The van der Waals surface area contributed by atoms with Crippen LogP contribution in [0.1, 0.15) is 30.3 Å². The van der Waals surface area contributed by atoms with Crippen molar-refractivity contribution in [2.24, 2.45) is 0 Å². The van der Waals surface area contributed by atoms with Gasteiger partial charge in [-0.2, -0.15) is 0 Å². The van der Waals surface area contributed by atoms with Crippen LogP contribution < -0.4 is 5.32 Å². The molecular weight excluding hydrogens is 415 g/mol. The van der Waals surface area contributed by atoms with Crippen LogP contribution in [0.25, 0.3) is 11.3 Å². The summed E-state index contributed by atoms with van der Waals surface area (Å²) in [4.78, 5) is 20.9. The molecule has 1 aliphatic rings. The second-order valence-corrected chi connectivity index (χ2v) is 8.27. The van der Waals surface area contributed by atoms with E-state index in [0.29, 0.717) is 11.5 Å². The molecule has 1 aromatic carbocycles. The van der Waals surface area contributed by atoms with E-state index in [-0.39, 0.29) is 11.7 Å². The molecule has 3 aromatic heterocycles. The van der Waals surface area contributed by atoms with Crippen molar-refractivity contribution in [2.75, 3.05) is 18.4 Å². The number of hydrogen-bond donors (Lipinski definition) is 1. The standard InChI is InChI=1S/C26H25FN6/c27-21-8-3-10-22(14-21)30-25-15-24(19-6-4-11-28-16-19)31-26(32-25)20-7-5-13-33(17-20)18-23-9-1-2-12-29-23/h1-4,6,8-12,14-16,20H,5,7,13,17-18H2,(H,30,31,32)/t20-/m0/s1. The lowest BCUT2D eigenvalue weighted by molar-refractivity contribution is 0.194. The lowest BCUT2D eigenvalue weighted by atomic mass is 9.96. The summed E-state index contributed by atoms with van der Waals surface area (Å²) < 4.78 is 13.7. The van der Waals surface area contributed by atoms with Crippen LogP contribution in [-0.4, -0.2) is 37.9 Å². The van der Waals surface area contributed by atoms with Crippen LogP contribution in [0.4, 0.5) is 15.9 Å². The van der Waals surface area contributed by atoms with Crippen LogP contribution in [0, 0.1) is 5.82 Å². The molecule has 0 amide bonds. The normalized spacial score (nSPS) is 16.5. The Hall–Kier alpha value is -3.71. The van der Waals surface area contributed by atoms with Crippen molar-refractivity contribution in [2.45, 2.75) is 25.3 Å². The van der Waals surface area contributed by atoms with Crippen LogP contribution >= 0.6 is 0 Å². The Balaban J connectivity index is 1.44. The van der Waals surface area contributed by atoms with E-state index in [1.807, 2.05) is 42.6 Å². The first-order valence-electron chi connectivity index (χ1n) is 11.2. The first-order valence-corrected chi connectivity index (χ1v) is 11.2. The van der Waals surface area contributed by atoms with Crippen molar-refractivity contribution < 1.29 is 4.39 Å². The molecule has 33 heavy (non-hydrogen) atoms. The molecule has 0 saturated carbocycles. The molecule has 4 aromatic rings. The minimum atomic E-state index is -0.292. The number of halogens is 1. The number of likely N-dealkylation sites (tertiary alicyclic amines) is 1. The lowest BCUT2D eigenvalue weighted by Crippen LogP contribution is -2.34. The summed E-state index contributed by atoms with van der Waals surface area (Å²) >= 11 is 0. The Kier molecular flexibility index (Phi) is 6.30. The summed E-state index contributed by atoms with van der Waals surface area (Å²) in [7, 11) is 0. The minimum absolute atomic E-state index is 0.201. The highest BCUT2D eigenvalue weighted by Crippen LogP contribution is 2.29. The molecule has 1 atom stereocenters. The predicted octanol–water partition coefficient (Wildman–Crippen LogP) is 5.20. The molecule has 6 nitrogen and oxygen atoms in total. The number of anilines is 2. The van der Waals surface area contributed by atoms with Crippen LogP contribution in [0.15, 0.2) is 79.3 Å². The van der Waals surface area contributed by atoms with E-state index in [9.17, 15) is 4.39 Å². The molecule has 0 radical (unpaired) electrons. The summed E-state index contributed by atoms with van der Waals surface area (Å²) in [6.07, 6.45) is 7.47. The fraction of sp³-hybridized carbons (Fsp3) is 0.231. The van der Waals surface area contributed by atoms with Gasteiger partial charge in [-0.1, -0.05) is 12.1 Å². The quantitative estimate of drug-likeness (QED) is 0.445. The Bertz CT molecular complexity index is 1200.